The van der Waals surface area contributed by atoms with Crippen LogP contribution in [-0.4, -0.2) is 0 Å². The van der Waals surface area contributed by atoms with Crippen LogP contribution in [0.5, 0.6) is 0 Å². The Kier molecular flexibility index (Phi) is 7.96. The largest absolute Gasteiger partial charge is 0.455 e. The molecule has 1 nitrogen and oxygen atoms in total. The lowest BCUT2D eigenvalue weighted by Crippen LogP contribution is -2.04. The van der Waals surface area contributed by atoms with Crippen LogP contribution < -0.4 is 0 Å². The summed E-state index contributed by atoms with van der Waals surface area (Å²) in [7, 11) is 0. The summed E-state index contributed by atoms with van der Waals surface area (Å²) in [6.07, 6.45) is 0. The minimum Gasteiger partial charge on any atom is -0.455 e. The summed E-state index contributed by atoms with van der Waals surface area (Å²) in [6, 6.07) is 76.7. The van der Waals surface area contributed by atoms with E-state index in [1.54, 1.807) is 0 Å². The van der Waals surface area contributed by atoms with E-state index in [4.69, 9.17) is 4.42 Å². The van der Waals surface area contributed by atoms with Crippen LogP contribution in [0, 0.1) is 0 Å². The zero-order valence-corrected chi connectivity index (χ0v) is 29.7. The molecule has 0 fully saturated rings. The molecule has 1 aromatic heterocycles. The van der Waals surface area contributed by atoms with Crippen molar-refractivity contribution in [1.29, 1.82) is 0 Å². The molecule has 0 amide bonds. The molecule has 0 spiro atoms. The zero-order valence-electron chi connectivity index (χ0n) is 29.7. The molecule has 0 aliphatic heterocycles. The molecule has 0 saturated carbocycles. The molecule has 1 heterocycles. The van der Waals surface area contributed by atoms with Crippen LogP contribution in [-0.2, 0) is 0 Å². The van der Waals surface area contributed by atoms with Gasteiger partial charge in [0.05, 0.1) is 0 Å². The number of benzene rings is 9. The van der Waals surface area contributed by atoms with Gasteiger partial charge < -0.3 is 4.42 Å². The number of hydrogen-bond donors (Lipinski definition) is 0. The molecule has 0 radical (unpaired) electrons. The molecular formula is C53H36O. The quantitative estimate of drug-likeness (QED) is 0.152. The van der Waals surface area contributed by atoms with Crippen molar-refractivity contribution < 1.29 is 4.42 Å². The zero-order chi connectivity index (χ0) is 35.8. The summed E-state index contributed by atoms with van der Waals surface area (Å²) in [5, 5.41) is 4.82. The van der Waals surface area contributed by atoms with Gasteiger partial charge in [0.25, 0.3) is 0 Å². The van der Waals surface area contributed by atoms with E-state index in [1.165, 1.54) is 60.8 Å². The maximum absolute atomic E-state index is 6.39. The maximum Gasteiger partial charge on any atom is 0.143 e. The molecular weight excluding hydrogens is 653 g/mol. The van der Waals surface area contributed by atoms with Crippen LogP contribution >= 0.6 is 0 Å². The van der Waals surface area contributed by atoms with E-state index in [0.717, 1.165) is 33.1 Å². The SMILES string of the molecule is c1ccc(-c2ccc(-c3ccc(C(c4ccc(-c5cccc(-c6cccc7c6oc6ccccc67)c5)cc4)c4cccc5ccccc45)cc3)cc2)cc1. The third-order valence-corrected chi connectivity index (χ3v) is 10.9. The van der Waals surface area contributed by atoms with Crippen molar-refractivity contribution in [2.75, 3.05) is 0 Å². The number of fused-ring (bicyclic) bond motifs is 4. The first-order valence-corrected chi connectivity index (χ1v) is 18.6. The van der Waals surface area contributed by atoms with Crippen LogP contribution in [0.25, 0.3) is 77.2 Å². The third-order valence-electron chi connectivity index (χ3n) is 10.9. The molecule has 0 saturated heterocycles. The van der Waals surface area contributed by atoms with Gasteiger partial charge in [0, 0.05) is 22.3 Å². The Balaban J connectivity index is 1.00. The highest BCUT2D eigenvalue weighted by Crippen LogP contribution is 2.40. The maximum atomic E-state index is 6.39. The van der Waals surface area contributed by atoms with Gasteiger partial charge in [-0.25, -0.2) is 0 Å². The smallest absolute Gasteiger partial charge is 0.143 e. The van der Waals surface area contributed by atoms with E-state index >= 15 is 0 Å². The van der Waals surface area contributed by atoms with Crippen molar-refractivity contribution in [2.45, 2.75) is 5.92 Å². The third kappa shape index (κ3) is 5.77. The van der Waals surface area contributed by atoms with Gasteiger partial charge in [-0.3, -0.25) is 0 Å². The van der Waals surface area contributed by atoms with E-state index in [9.17, 15) is 0 Å². The average Bonchev–Trinajstić information content (AvgIpc) is 3.64. The van der Waals surface area contributed by atoms with Crippen LogP contribution in [0.3, 0.4) is 0 Å². The summed E-state index contributed by atoms with van der Waals surface area (Å²) < 4.78 is 6.39. The Morgan fingerprint density at radius 1 is 0.315 bits per heavy atom. The van der Waals surface area contributed by atoms with Crippen molar-refractivity contribution in [3.63, 3.8) is 0 Å². The predicted molar refractivity (Wildman–Crippen MR) is 227 cm³/mol. The molecule has 10 rings (SSSR count). The molecule has 0 aliphatic rings. The minimum atomic E-state index is 0.0664. The first-order valence-electron chi connectivity index (χ1n) is 18.6. The molecule has 54 heavy (non-hydrogen) atoms. The lowest BCUT2D eigenvalue weighted by molar-refractivity contribution is 0.670. The number of para-hydroxylation sites is 2. The minimum absolute atomic E-state index is 0.0664. The Labute approximate surface area is 315 Å². The van der Waals surface area contributed by atoms with Crippen LogP contribution in [0.4, 0.5) is 0 Å². The molecule has 9 aromatic carbocycles. The first-order chi connectivity index (χ1) is 26.8. The van der Waals surface area contributed by atoms with Gasteiger partial charge in [0.1, 0.15) is 11.2 Å². The van der Waals surface area contributed by atoms with E-state index in [0.29, 0.717) is 0 Å². The second kappa shape index (κ2) is 13.5. The highest BCUT2D eigenvalue weighted by Gasteiger charge is 2.20. The summed E-state index contributed by atoms with van der Waals surface area (Å²) in [5.74, 6) is 0.0664. The fraction of sp³-hybridized carbons (Fsp3) is 0.0189. The Morgan fingerprint density at radius 3 is 1.52 bits per heavy atom. The van der Waals surface area contributed by atoms with Crippen molar-refractivity contribution in [2.24, 2.45) is 0 Å². The number of hydrogen-bond acceptors (Lipinski definition) is 1. The molecule has 1 atom stereocenters. The van der Waals surface area contributed by atoms with Crippen molar-refractivity contribution in [1.82, 2.24) is 0 Å². The summed E-state index contributed by atoms with van der Waals surface area (Å²) in [5.41, 5.74) is 15.2. The van der Waals surface area contributed by atoms with Gasteiger partial charge in [-0.1, -0.05) is 200 Å². The van der Waals surface area contributed by atoms with Crippen LogP contribution in [0.2, 0.25) is 0 Å². The molecule has 1 heteroatoms. The highest BCUT2D eigenvalue weighted by atomic mass is 16.3. The Morgan fingerprint density at radius 2 is 0.796 bits per heavy atom. The number of furan rings is 1. The van der Waals surface area contributed by atoms with Crippen molar-refractivity contribution >= 4 is 32.7 Å². The Hall–Kier alpha value is -6.96. The molecule has 254 valence electrons. The first kappa shape index (κ1) is 31.7. The van der Waals surface area contributed by atoms with E-state index in [1.807, 2.05) is 12.1 Å². The molecule has 0 aliphatic carbocycles. The molecule has 10 aromatic rings. The Bertz CT molecular complexity index is 2890. The van der Waals surface area contributed by atoms with Crippen molar-refractivity contribution in [3.8, 4) is 44.5 Å². The molecule has 0 bridgehead atoms. The topological polar surface area (TPSA) is 13.1 Å². The highest BCUT2D eigenvalue weighted by molar-refractivity contribution is 6.09. The van der Waals surface area contributed by atoms with Gasteiger partial charge in [0.2, 0.25) is 0 Å². The predicted octanol–water partition coefficient (Wildman–Crippen LogP) is 14.6. The fourth-order valence-electron chi connectivity index (χ4n) is 8.12. The average molecular weight is 689 g/mol. The van der Waals surface area contributed by atoms with Gasteiger partial charge in [-0.2, -0.15) is 0 Å². The van der Waals surface area contributed by atoms with Gasteiger partial charge >= 0.3 is 0 Å². The van der Waals surface area contributed by atoms with Gasteiger partial charge in [-0.05, 0) is 78.5 Å². The lowest BCUT2D eigenvalue weighted by atomic mass is 9.82. The molecule has 1 unspecified atom stereocenters. The van der Waals surface area contributed by atoms with E-state index in [2.05, 4.69) is 200 Å². The van der Waals surface area contributed by atoms with Crippen LogP contribution in [0.15, 0.2) is 217 Å². The number of rotatable bonds is 7. The monoisotopic (exact) mass is 688 g/mol. The normalized spacial score (nSPS) is 12.0. The van der Waals surface area contributed by atoms with Gasteiger partial charge in [-0.15, -0.1) is 0 Å². The molecule has 0 N–H and O–H groups in total. The summed E-state index contributed by atoms with van der Waals surface area (Å²) in [4.78, 5) is 0. The summed E-state index contributed by atoms with van der Waals surface area (Å²) in [6.45, 7) is 0. The van der Waals surface area contributed by atoms with Crippen LogP contribution in [0.1, 0.15) is 22.6 Å². The van der Waals surface area contributed by atoms with Crippen molar-refractivity contribution in [3.05, 3.63) is 229 Å². The lowest BCUT2D eigenvalue weighted by Gasteiger charge is -2.22. The summed E-state index contributed by atoms with van der Waals surface area (Å²) >= 11 is 0. The van der Waals surface area contributed by atoms with E-state index in [-0.39, 0.29) is 5.92 Å². The fourth-order valence-corrected chi connectivity index (χ4v) is 8.12. The second-order valence-electron chi connectivity index (χ2n) is 14.1. The standard InChI is InChI=1S/C53H36O/c1-2-11-36(12-3-1)37-23-25-38(26-24-37)39-27-31-42(32-28-39)52(49-20-9-14-41-13-4-5-17-46(41)49)43-33-29-40(30-34-43)44-15-8-16-45(35-44)47-19-10-21-50-48-18-6-7-22-51(48)54-53(47)50/h1-35,52H. The second-order valence-corrected chi connectivity index (χ2v) is 14.1. The van der Waals surface area contributed by atoms with E-state index < -0.39 is 0 Å². The van der Waals surface area contributed by atoms with Gasteiger partial charge in [0.15, 0.2) is 0 Å².